The van der Waals surface area contributed by atoms with E-state index >= 15 is 0 Å². The number of carbonyl (C=O) groups excluding carboxylic acids is 2. The van der Waals surface area contributed by atoms with Gasteiger partial charge >= 0.3 is 0 Å². The lowest BCUT2D eigenvalue weighted by Gasteiger charge is -2.05. The molecule has 0 saturated carbocycles. The molecule has 1 aliphatic heterocycles. The highest BCUT2D eigenvalue weighted by Crippen LogP contribution is 2.09. The standard InChI is InChI=1S/C18H28O4/c1-16-6-2-3-7-17(19)8-4-12-21-14-15-22-13-5-9-18(20)11-10-16/h3,7,10-11,16H,2,4-6,8-9,12-15H2,1H3/b7-3+,11-10+. The Labute approximate surface area is 133 Å². The Bertz CT molecular complexity index is 385. The Hall–Kier alpha value is -1.26. The first-order valence-electron chi connectivity index (χ1n) is 8.24. The summed E-state index contributed by atoms with van der Waals surface area (Å²) in [5.41, 5.74) is 0. The van der Waals surface area contributed by atoms with Crippen molar-refractivity contribution in [3.05, 3.63) is 24.3 Å². The van der Waals surface area contributed by atoms with E-state index < -0.39 is 0 Å². The number of rotatable bonds is 0. The lowest BCUT2D eigenvalue weighted by molar-refractivity contribution is -0.115. The highest BCUT2D eigenvalue weighted by molar-refractivity contribution is 5.89. The predicted octanol–water partition coefficient (Wildman–Crippen LogP) is 3.26. The molecule has 124 valence electrons. The first-order chi connectivity index (χ1) is 10.7. The van der Waals surface area contributed by atoms with Gasteiger partial charge in [0, 0.05) is 26.1 Å². The molecule has 1 heterocycles. The highest BCUT2D eigenvalue weighted by atomic mass is 16.5. The lowest BCUT2D eigenvalue weighted by atomic mass is 10.0. The second-order valence-corrected chi connectivity index (χ2v) is 5.68. The van der Waals surface area contributed by atoms with Gasteiger partial charge in [-0.25, -0.2) is 0 Å². The van der Waals surface area contributed by atoms with Crippen molar-refractivity contribution in [2.45, 2.75) is 45.4 Å². The summed E-state index contributed by atoms with van der Waals surface area (Å²) in [5.74, 6) is 0.641. The van der Waals surface area contributed by atoms with Crippen molar-refractivity contribution in [2.75, 3.05) is 26.4 Å². The lowest BCUT2D eigenvalue weighted by Crippen LogP contribution is -2.07. The van der Waals surface area contributed by atoms with E-state index in [2.05, 4.69) is 6.92 Å². The topological polar surface area (TPSA) is 52.6 Å². The summed E-state index contributed by atoms with van der Waals surface area (Å²) in [6.07, 6.45) is 11.6. The third kappa shape index (κ3) is 10.5. The van der Waals surface area contributed by atoms with Gasteiger partial charge in [0.05, 0.1) is 13.2 Å². The van der Waals surface area contributed by atoms with Crippen LogP contribution in [0.5, 0.6) is 0 Å². The van der Waals surface area contributed by atoms with Crippen LogP contribution in [0.1, 0.15) is 45.4 Å². The first kappa shape index (κ1) is 18.8. The molecule has 0 N–H and O–H groups in total. The minimum Gasteiger partial charge on any atom is -0.379 e. The zero-order valence-corrected chi connectivity index (χ0v) is 13.6. The highest BCUT2D eigenvalue weighted by Gasteiger charge is 2.01. The molecule has 1 atom stereocenters. The van der Waals surface area contributed by atoms with Gasteiger partial charge in [0.1, 0.15) is 0 Å². The second kappa shape index (κ2) is 12.3. The fraction of sp³-hybridized carbons (Fsp3) is 0.667. The molecule has 0 aromatic rings. The zero-order valence-electron chi connectivity index (χ0n) is 13.6. The molecule has 1 unspecified atom stereocenters. The Morgan fingerprint density at radius 1 is 0.909 bits per heavy atom. The van der Waals surface area contributed by atoms with Crippen molar-refractivity contribution in [1.29, 1.82) is 0 Å². The zero-order chi connectivity index (χ0) is 16.0. The average Bonchev–Trinajstić information content (AvgIpc) is 2.50. The molecule has 0 aromatic carbocycles. The van der Waals surface area contributed by atoms with E-state index in [-0.39, 0.29) is 11.6 Å². The van der Waals surface area contributed by atoms with Crippen LogP contribution in [0.15, 0.2) is 24.3 Å². The van der Waals surface area contributed by atoms with Gasteiger partial charge in [-0.15, -0.1) is 0 Å². The van der Waals surface area contributed by atoms with Crippen LogP contribution in [0.4, 0.5) is 0 Å². The van der Waals surface area contributed by atoms with Crippen LogP contribution in [-0.2, 0) is 19.1 Å². The molecular weight excluding hydrogens is 280 g/mol. The summed E-state index contributed by atoms with van der Waals surface area (Å²) in [5, 5.41) is 0. The maximum Gasteiger partial charge on any atom is 0.155 e. The number of ether oxygens (including phenoxy) is 2. The van der Waals surface area contributed by atoms with Crippen LogP contribution in [0.2, 0.25) is 0 Å². The van der Waals surface area contributed by atoms with Gasteiger partial charge in [0.25, 0.3) is 0 Å². The summed E-state index contributed by atoms with van der Waals surface area (Å²) in [6, 6.07) is 0. The predicted molar refractivity (Wildman–Crippen MR) is 86.8 cm³/mol. The maximum atomic E-state index is 11.7. The average molecular weight is 308 g/mol. The van der Waals surface area contributed by atoms with E-state index in [1.54, 1.807) is 12.2 Å². The Morgan fingerprint density at radius 2 is 1.50 bits per heavy atom. The van der Waals surface area contributed by atoms with E-state index in [4.69, 9.17) is 9.47 Å². The molecule has 1 aliphatic rings. The summed E-state index contributed by atoms with van der Waals surface area (Å²) in [4.78, 5) is 23.3. The number of hydrogen-bond donors (Lipinski definition) is 0. The third-order valence-corrected chi connectivity index (χ3v) is 3.50. The molecule has 0 radical (unpaired) electrons. The molecule has 1 rings (SSSR count). The molecule has 0 spiro atoms. The molecule has 0 fully saturated rings. The summed E-state index contributed by atoms with van der Waals surface area (Å²) in [6.45, 7) is 4.33. The molecule has 4 heteroatoms. The van der Waals surface area contributed by atoms with E-state index in [9.17, 15) is 9.59 Å². The van der Waals surface area contributed by atoms with Gasteiger partial charge in [0.15, 0.2) is 11.6 Å². The quantitative estimate of drug-likeness (QED) is 0.689. The van der Waals surface area contributed by atoms with Crippen LogP contribution in [0.25, 0.3) is 0 Å². The van der Waals surface area contributed by atoms with Gasteiger partial charge in [0.2, 0.25) is 0 Å². The van der Waals surface area contributed by atoms with Crippen molar-refractivity contribution in [3.8, 4) is 0 Å². The van der Waals surface area contributed by atoms with Crippen molar-refractivity contribution >= 4 is 11.6 Å². The second-order valence-electron chi connectivity index (χ2n) is 5.68. The van der Waals surface area contributed by atoms with Crippen LogP contribution in [-0.4, -0.2) is 38.0 Å². The fourth-order valence-electron chi connectivity index (χ4n) is 2.13. The van der Waals surface area contributed by atoms with Gasteiger partial charge in [-0.1, -0.05) is 19.1 Å². The van der Waals surface area contributed by atoms with E-state index in [1.807, 2.05) is 12.2 Å². The van der Waals surface area contributed by atoms with Crippen LogP contribution in [0, 0.1) is 5.92 Å². The molecule has 0 aromatic heterocycles. The largest absolute Gasteiger partial charge is 0.379 e. The molecular formula is C18H28O4. The number of allylic oxidation sites excluding steroid dienone is 4. The van der Waals surface area contributed by atoms with E-state index in [1.165, 1.54) is 0 Å². The van der Waals surface area contributed by atoms with Crippen LogP contribution < -0.4 is 0 Å². The van der Waals surface area contributed by atoms with Gasteiger partial charge in [-0.05, 0) is 43.8 Å². The van der Waals surface area contributed by atoms with E-state index in [0.717, 1.165) is 25.7 Å². The minimum atomic E-state index is 0.148. The normalized spacial score (nSPS) is 27.4. The van der Waals surface area contributed by atoms with Gasteiger partial charge in [-0.2, -0.15) is 0 Å². The van der Waals surface area contributed by atoms with Crippen molar-refractivity contribution in [2.24, 2.45) is 5.92 Å². The van der Waals surface area contributed by atoms with Crippen molar-refractivity contribution in [1.82, 2.24) is 0 Å². The van der Waals surface area contributed by atoms with Crippen molar-refractivity contribution < 1.29 is 19.1 Å². The third-order valence-electron chi connectivity index (χ3n) is 3.50. The van der Waals surface area contributed by atoms with Gasteiger partial charge < -0.3 is 9.47 Å². The van der Waals surface area contributed by atoms with E-state index in [0.29, 0.717) is 45.2 Å². The number of carbonyl (C=O) groups is 2. The van der Waals surface area contributed by atoms with Crippen LogP contribution >= 0.6 is 0 Å². The molecule has 0 bridgehead atoms. The number of ketones is 2. The molecule has 0 aliphatic carbocycles. The van der Waals surface area contributed by atoms with Gasteiger partial charge in [-0.3, -0.25) is 9.59 Å². The fourth-order valence-corrected chi connectivity index (χ4v) is 2.13. The molecule has 4 nitrogen and oxygen atoms in total. The minimum absolute atomic E-state index is 0.148. The van der Waals surface area contributed by atoms with Crippen molar-refractivity contribution in [3.63, 3.8) is 0 Å². The Balaban J connectivity index is 2.41. The summed E-state index contributed by atoms with van der Waals surface area (Å²) >= 11 is 0. The maximum absolute atomic E-state index is 11.7. The molecule has 0 amide bonds. The Kier molecular flexibility index (Phi) is 10.5. The Morgan fingerprint density at radius 3 is 2.14 bits per heavy atom. The molecule has 22 heavy (non-hydrogen) atoms. The summed E-state index contributed by atoms with van der Waals surface area (Å²) < 4.78 is 10.8. The summed E-state index contributed by atoms with van der Waals surface area (Å²) in [7, 11) is 0. The number of hydrogen-bond acceptors (Lipinski definition) is 4. The molecule has 0 saturated heterocycles. The van der Waals surface area contributed by atoms with Crippen LogP contribution in [0.3, 0.4) is 0 Å². The monoisotopic (exact) mass is 308 g/mol. The first-order valence-corrected chi connectivity index (χ1v) is 8.24. The SMILES string of the molecule is CC1/C=C/C(=O)CCCOCCOCCCC(=O)/C=C/CC1. The smallest absolute Gasteiger partial charge is 0.155 e.